The molecule has 0 heterocycles. The average Bonchev–Trinajstić information content (AvgIpc) is 2.32. The standard InChI is InChI=1S/C15H24O/c1-4-13(5-2)10-15(11-16)14-8-6-12(3)7-9-14/h6-9,13,15-16H,4-5,10-11H2,1-3H3. The highest BCUT2D eigenvalue weighted by Gasteiger charge is 2.15. The van der Waals surface area contributed by atoms with Gasteiger partial charge in [-0.1, -0.05) is 56.5 Å². The number of aryl methyl sites for hydroxylation is 1. The molecule has 1 heteroatoms. The van der Waals surface area contributed by atoms with E-state index >= 15 is 0 Å². The van der Waals surface area contributed by atoms with Crippen LogP contribution in [0.5, 0.6) is 0 Å². The SMILES string of the molecule is CCC(CC)CC(CO)c1ccc(C)cc1. The van der Waals surface area contributed by atoms with E-state index < -0.39 is 0 Å². The van der Waals surface area contributed by atoms with E-state index in [-0.39, 0.29) is 6.61 Å². The molecule has 0 spiro atoms. The molecule has 0 saturated carbocycles. The molecule has 1 unspecified atom stereocenters. The lowest BCUT2D eigenvalue weighted by Gasteiger charge is -2.20. The Balaban J connectivity index is 2.70. The van der Waals surface area contributed by atoms with Crippen molar-refractivity contribution in [3.8, 4) is 0 Å². The van der Waals surface area contributed by atoms with Crippen molar-refractivity contribution in [2.45, 2.75) is 46.0 Å². The smallest absolute Gasteiger partial charge is 0.0499 e. The van der Waals surface area contributed by atoms with Crippen molar-refractivity contribution >= 4 is 0 Å². The van der Waals surface area contributed by atoms with E-state index in [1.54, 1.807) is 0 Å². The van der Waals surface area contributed by atoms with Crippen molar-refractivity contribution < 1.29 is 5.11 Å². The van der Waals surface area contributed by atoms with Gasteiger partial charge in [-0.25, -0.2) is 0 Å². The van der Waals surface area contributed by atoms with Crippen molar-refractivity contribution in [1.82, 2.24) is 0 Å². The van der Waals surface area contributed by atoms with Gasteiger partial charge in [0.1, 0.15) is 0 Å². The summed E-state index contributed by atoms with van der Waals surface area (Å²) in [4.78, 5) is 0. The van der Waals surface area contributed by atoms with Gasteiger partial charge in [-0.05, 0) is 24.8 Å². The summed E-state index contributed by atoms with van der Waals surface area (Å²) in [6.45, 7) is 6.83. The van der Waals surface area contributed by atoms with Gasteiger partial charge in [-0.2, -0.15) is 0 Å². The first-order chi connectivity index (χ1) is 7.71. The van der Waals surface area contributed by atoms with Crippen LogP contribution in [0.25, 0.3) is 0 Å². The molecule has 0 aliphatic rings. The topological polar surface area (TPSA) is 20.2 Å². The maximum absolute atomic E-state index is 9.49. The van der Waals surface area contributed by atoms with Gasteiger partial charge in [0.25, 0.3) is 0 Å². The van der Waals surface area contributed by atoms with Crippen LogP contribution in [0, 0.1) is 12.8 Å². The minimum absolute atomic E-state index is 0.263. The summed E-state index contributed by atoms with van der Waals surface area (Å²) >= 11 is 0. The van der Waals surface area contributed by atoms with Crippen LogP contribution in [-0.4, -0.2) is 11.7 Å². The van der Waals surface area contributed by atoms with Crippen molar-refractivity contribution in [2.24, 2.45) is 5.92 Å². The first-order valence-corrected chi connectivity index (χ1v) is 6.38. The van der Waals surface area contributed by atoms with Crippen LogP contribution in [0.2, 0.25) is 0 Å². The molecule has 1 rings (SSSR count). The van der Waals surface area contributed by atoms with Crippen molar-refractivity contribution in [3.05, 3.63) is 35.4 Å². The molecule has 0 radical (unpaired) electrons. The Bertz CT molecular complexity index is 285. The van der Waals surface area contributed by atoms with Gasteiger partial charge < -0.3 is 5.11 Å². The second-order valence-electron chi connectivity index (χ2n) is 4.71. The zero-order valence-electron chi connectivity index (χ0n) is 10.7. The van der Waals surface area contributed by atoms with Gasteiger partial charge in [0.05, 0.1) is 0 Å². The fraction of sp³-hybridized carbons (Fsp3) is 0.600. The summed E-state index contributed by atoms with van der Waals surface area (Å²) in [6, 6.07) is 8.56. The molecule has 0 aliphatic carbocycles. The summed E-state index contributed by atoms with van der Waals surface area (Å²) < 4.78 is 0. The Morgan fingerprint density at radius 3 is 2.06 bits per heavy atom. The van der Waals surface area contributed by atoms with Crippen molar-refractivity contribution in [3.63, 3.8) is 0 Å². The molecule has 16 heavy (non-hydrogen) atoms. The monoisotopic (exact) mass is 220 g/mol. The lowest BCUT2D eigenvalue weighted by Crippen LogP contribution is -2.10. The van der Waals surface area contributed by atoms with Gasteiger partial charge in [-0.15, -0.1) is 0 Å². The van der Waals surface area contributed by atoms with E-state index in [1.807, 2.05) is 0 Å². The van der Waals surface area contributed by atoms with Crippen LogP contribution in [0.15, 0.2) is 24.3 Å². The Morgan fingerprint density at radius 2 is 1.62 bits per heavy atom. The molecule has 1 N–H and O–H groups in total. The fourth-order valence-electron chi connectivity index (χ4n) is 2.18. The quantitative estimate of drug-likeness (QED) is 0.771. The third-order valence-corrected chi connectivity index (χ3v) is 3.54. The molecule has 0 bridgehead atoms. The molecule has 1 nitrogen and oxygen atoms in total. The van der Waals surface area contributed by atoms with Gasteiger partial charge in [0.2, 0.25) is 0 Å². The number of aliphatic hydroxyl groups is 1. The summed E-state index contributed by atoms with van der Waals surface area (Å²) in [5.74, 6) is 1.05. The predicted molar refractivity (Wildman–Crippen MR) is 69.7 cm³/mol. The number of aliphatic hydroxyl groups excluding tert-OH is 1. The van der Waals surface area contributed by atoms with E-state index in [9.17, 15) is 5.11 Å². The number of rotatable bonds is 6. The van der Waals surface area contributed by atoms with Crippen molar-refractivity contribution in [2.75, 3.05) is 6.61 Å². The largest absolute Gasteiger partial charge is 0.396 e. The molecule has 0 fully saturated rings. The molecular formula is C15H24O. The average molecular weight is 220 g/mol. The Kier molecular flexibility index (Phi) is 5.54. The van der Waals surface area contributed by atoms with Gasteiger partial charge in [0, 0.05) is 12.5 Å². The number of benzene rings is 1. The van der Waals surface area contributed by atoms with E-state index in [1.165, 1.54) is 24.0 Å². The van der Waals surface area contributed by atoms with Gasteiger partial charge in [-0.3, -0.25) is 0 Å². The molecule has 1 aromatic rings. The van der Waals surface area contributed by atoms with E-state index in [4.69, 9.17) is 0 Å². The predicted octanol–water partition coefficient (Wildman–Crippen LogP) is 3.90. The molecular weight excluding hydrogens is 196 g/mol. The zero-order chi connectivity index (χ0) is 12.0. The molecule has 0 amide bonds. The van der Waals surface area contributed by atoms with Crippen LogP contribution in [0.3, 0.4) is 0 Å². The van der Waals surface area contributed by atoms with Crippen molar-refractivity contribution in [1.29, 1.82) is 0 Å². The van der Waals surface area contributed by atoms with E-state index in [0.29, 0.717) is 5.92 Å². The first-order valence-electron chi connectivity index (χ1n) is 6.38. The second kappa shape index (κ2) is 6.70. The highest BCUT2D eigenvalue weighted by atomic mass is 16.3. The molecule has 0 saturated heterocycles. The maximum atomic E-state index is 9.49. The lowest BCUT2D eigenvalue weighted by molar-refractivity contribution is 0.240. The Hall–Kier alpha value is -0.820. The molecule has 0 aromatic heterocycles. The van der Waals surface area contributed by atoms with Gasteiger partial charge >= 0.3 is 0 Å². The maximum Gasteiger partial charge on any atom is 0.0499 e. The van der Waals surface area contributed by atoms with E-state index in [2.05, 4.69) is 45.0 Å². The molecule has 0 aliphatic heterocycles. The summed E-state index contributed by atoms with van der Waals surface area (Å²) in [7, 11) is 0. The van der Waals surface area contributed by atoms with Crippen LogP contribution >= 0.6 is 0 Å². The Morgan fingerprint density at radius 1 is 1.06 bits per heavy atom. The van der Waals surface area contributed by atoms with Crippen LogP contribution in [0.4, 0.5) is 0 Å². The fourth-order valence-corrected chi connectivity index (χ4v) is 2.18. The molecule has 1 atom stereocenters. The van der Waals surface area contributed by atoms with Gasteiger partial charge in [0.15, 0.2) is 0 Å². The molecule has 1 aromatic carbocycles. The minimum Gasteiger partial charge on any atom is -0.396 e. The Labute approximate surface area is 99.5 Å². The second-order valence-corrected chi connectivity index (χ2v) is 4.71. The minimum atomic E-state index is 0.263. The third kappa shape index (κ3) is 3.64. The third-order valence-electron chi connectivity index (χ3n) is 3.54. The summed E-state index contributed by atoms with van der Waals surface area (Å²) in [5.41, 5.74) is 2.56. The highest BCUT2D eigenvalue weighted by Crippen LogP contribution is 2.27. The normalized spacial score (nSPS) is 13.1. The molecule has 90 valence electrons. The van der Waals surface area contributed by atoms with Crippen LogP contribution in [0.1, 0.15) is 50.2 Å². The zero-order valence-corrected chi connectivity index (χ0v) is 10.7. The van der Waals surface area contributed by atoms with Crippen LogP contribution in [-0.2, 0) is 0 Å². The number of hydrogen-bond donors (Lipinski definition) is 1. The van der Waals surface area contributed by atoms with E-state index in [0.717, 1.165) is 12.3 Å². The summed E-state index contributed by atoms with van der Waals surface area (Å²) in [6.07, 6.45) is 3.52. The first kappa shape index (κ1) is 13.2. The summed E-state index contributed by atoms with van der Waals surface area (Å²) in [5, 5.41) is 9.49. The van der Waals surface area contributed by atoms with Crippen LogP contribution < -0.4 is 0 Å². The highest BCUT2D eigenvalue weighted by molar-refractivity contribution is 5.24. The number of hydrogen-bond acceptors (Lipinski definition) is 1. The lowest BCUT2D eigenvalue weighted by atomic mass is 9.86.